The summed E-state index contributed by atoms with van der Waals surface area (Å²) in [6.07, 6.45) is 2.86. The lowest BCUT2D eigenvalue weighted by Crippen LogP contribution is -2.38. The minimum Gasteiger partial charge on any atom is -0.497 e. The van der Waals surface area contributed by atoms with Gasteiger partial charge in [0, 0.05) is 43.3 Å². The molecule has 0 bridgehead atoms. The molecule has 5 rings (SSSR count). The van der Waals surface area contributed by atoms with Gasteiger partial charge >= 0.3 is 0 Å². The molecule has 0 spiro atoms. The molecular weight excluding hydrogens is 484 g/mol. The number of benzene rings is 2. The zero-order chi connectivity index (χ0) is 25.6. The molecule has 0 unspecified atom stereocenters. The fourth-order valence-electron chi connectivity index (χ4n) is 4.57. The first-order valence-corrected chi connectivity index (χ1v) is 13.4. The molecule has 2 fully saturated rings. The number of aromatic nitrogens is 1. The summed E-state index contributed by atoms with van der Waals surface area (Å²) in [6, 6.07) is 21.9. The Labute approximate surface area is 222 Å². The highest BCUT2D eigenvalue weighted by atomic mass is 32.2. The third kappa shape index (κ3) is 5.98. The lowest BCUT2D eigenvalue weighted by Gasteiger charge is -2.27. The molecule has 0 saturated carbocycles. The minimum absolute atomic E-state index is 0.00166. The van der Waals surface area contributed by atoms with Crippen molar-refractivity contribution in [3.63, 3.8) is 0 Å². The van der Waals surface area contributed by atoms with Gasteiger partial charge in [-0.15, -0.1) is 0 Å². The van der Waals surface area contributed by atoms with Gasteiger partial charge in [-0.05, 0) is 79.7 Å². The largest absolute Gasteiger partial charge is 0.497 e. The van der Waals surface area contributed by atoms with Crippen molar-refractivity contribution in [2.45, 2.75) is 13.3 Å². The Bertz CT molecular complexity index is 1280. The topological polar surface area (TPSA) is 59.3 Å². The highest BCUT2D eigenvalue weighted by Gasteiger charge is 2.33. The Hall–Kier alpha value is -3.33. The predicted octanol–water partition coefficient (Wildman–Crippen LogP) is 5.12. The van der Waals surface area contributed by atoms with Crippen molar-refractivity contribution in [2.24, 2.45) is 4.99 Å². The van der Waals surface area contributed by atoms with Crippen LogP contribution in [0.3, 0.4) is 0 Å². The SMILES string of the molecule is COc1ccc(-n2c(C)ccc2/C=C2\SC(=Nc3ccccc3)N(CCCN3CCOCC3)C2=O)cc1. The van der Waals surface area contributed by atoms with Crippen molar-refractivity contribution in [2.75, 3.05) is 46.5 Å². The molecule has 0 N–H and O–H groups in total. The summed E-state index contributed by atoms with van der Waals surface area (Å²) in [6.45, 7) is 7.08. The number of methoxy groups -OCH3 is 1. The van der Waals surface area contributed by atoms with Crippen LogP contribution in [0.4, 0.5) is 5.69 Å². The van der Waals surface area contributed by atoms with Crippen LogP contribution in [0.2, 0.25) is 0 Å². The van der Waals surface area contributed by atoms with Crippen molar-refractivity contribution in [3.05, 3.63) is 83.0 Å². The molecule has 2 aromatic carbocycles. The van der Waals surface area contributed by atoms with Gasteiger partial charge in [0.05, 0.1) is 30.9 Å². The van der Waals surface area contributed by atoms with E-state index in [1.54, 1.807) is 7.11 Å². The first-order chi connectivity index (χ1) is 18.1. The van der Waals surface area contributed by atoms with Gasteiger partial charge in [0.25, 0.3) is 5.91 Å². The molecule has 8 heteroatoms. The van der Waals surface area contributed by atoms with E-state index in [2.05, 4.69) is 28.5 Å². The van der Waals surface area contributed by atoms with Gasteiger partial charge in [-0.2, -0.15) is 0 Å². The standard InChI is InChI=1S/C29H32N4O3S/c1-22-9-10-25(33(22)24-11-13-26(35-2)14-12-24)21-27-28(34)32(16-6-15-31-17-19-36-20-18-31)29(37-27)30-23-7-4-3-5-8-23/h3-5,7-14,21H,6,15-20H2,1-2H3/b27-21-,30-29?. The summed E-state index contributed by atoms with van der Waals surface area (Å²) in [7, 11) is 1.66. The maximum atomic E-state index is 13.6. The number of rotatable bonds is 8. The van der Waals surface area contributed by atoms with Gasteiger partial charge in [0.1, 0.15) is 5.75 Å². The van der Waals surface area contributed by atoms with Crippen LogP contribution < -0.4 is 4.74 Å². The second-order valence-corrected chi connectivity index (χ2v) is 10.0. The number of carbonyl (C=O) groups is 1. The van der Waals surface area contributed by atoms with E-state index in [4.69, 9.17) is 14.5 Å². The quantitative estimate of drug-likeness (QED) is 0.389. The molecule has 37 heavy (non-hydrogen) atoms. The van der Waals surface area contributed by atoms with Crippen LogP contribution in [-0.4, -0.2) is 71.9 Å². The average molecular weight is 517 g/mol. The van der Waals surface area contributed by atoms with Gasteiger partial charge < -0.3 is 14.0 Å². The highest BCUT2D eigenvalue weighted by Crippen LogP contribution is 2.35. The smallest absolute Gasteiger partial charge is 0.266 e. The Kier molecular flexibility index (Phi) is 8.08. The van der Waals surface area contributed by atoms with Crippen LogP contribution in [0, 0.1) is 6.92 Å². The van der Waals surface area contributed by atoms with Gasteiger partial charge in [-0.3, -0.25) is 14.6 Å². The maximum Gasteiger partial charge on any atom is 0.266 e. The molecule has 2 saturated heterocycles. The Morgan fingerprint density at radius 2 is 1.76 bits per heavy atom. The maximum absolute atomic E-state index is 13.6. The van der Waals surface area contributed by atoms with Gasteiger partial charge in [0.2, 0.25) is 0 Å². The number of hydrogen-bond donors (Lipinski definition) is 0. The fourth-order valence-corrected chi connectivity index (χ4v) is 5.58. The van der Waals surface area contributed by atoms with E-state index in [0.29, 0.717) is 11.4 Å². The second-order valence-electron chi connectivity index (χ2n) is 9.04. The summed E-state index contributed by atoms with van der Waals surface area (Å²) in [5.74, 6) is 0.811. The van der Waals surface area contributed by atoms with E-state index in [1.807, 2.05) is 65.6 Å². The summed E-state index contributed by atoms with van der Waals surface area (Å²) in [5.41, 5.74) is 3.90. The summed E-state index contributed by atoms with van der Waals surface area (Å²) in [5, 5.41) is 0.726. The van der Waals surface area contributed by atoms with E-state index in [-0.39, 0.29) is 5.91 Å². The van der Waals surface area contributed by atoms with Crippen molar-refractivity contribution in [3.8, 4) is 11.4 Å². The molecule has 3 aromatic rings. The van der Waals surface area contributed by atoms with E-state index in [1.165, 1.54) is 11.8 Å². The number of morpholine rings is 1. The van der Waals surface area contributed by atoms with Crippen molar-refractivity contribution in [1.29, 1.82) is 0 Å². The molecule has 0 atom stereocenters. The lowest BCUT2D eigenvalue weighted by molar-refractivity contribution is -0.122. The molecule has 0 radical (unpaired) electrons. The fraction of sp³-hybridized carbons (Fsp3) is 0.310. The molecule has 1 amide bonds. The average Bonchev–Trinajstić information content (AvgIpc) is 3.44. The summed E-state index contributed by atoms with van der Waals surface area (Å²) in [4.78, 5) is 23.4. The van der Waals surface area contributed by atoms with Crippen LogP contribution in [0.25, 0.3) is 11.8 Å². The van der Waals surface area contributed by atoms with Crippen LogP contribution in [0.1, 0.15) is 17.8 Å². The number of ether oxygens (including phenoxy) is 2. The van der Waals surface area contributed by atoms with Crippen LogP contribution >= 0.6 is 11.8 Å². The van der Waals surface area contributed by atoms with E-state index in [0.717, 1.165) is 72.9 Å². The number of amidine groups is 1. The molecule has 2 aliphatic rings. The molecule has 192 valence electrons. The highest BCUT2D eigenvalue weighted by molar-refractivity contribution is 8.18. The zero-order valence-electron chi connectivity index (χ0n) is 21.3. The molecule has 0 aliphatic carbocycles. The molecule has 2 aliphatic heterocycles. The third-order valence-corrected chi connectivity index (χ3v) is 7.55. The van der Waals surface area contributed by atoms with Crippen LogP contribution in [0.15, 0.2) is 76.6 Å². The number of amides is 1. The molecule has 1 aromatic heterocycles. The number of hydrogen-bond acceptors (Lipinski definition) is 6. The first kappa shape index (κ1) is 25.3. The first-order valence-electron chi connectivity index (χ1n) is 12.6. The van der Waals surface area contributed by atoms with Crippen molar-refractivity contribution >= 4 is 34.6 Å². The van der Waals surface area contributed by atoms with Crippen LogP contribution in [0.5, 0.6) is 5.75 Å². The minimum atomic E-state index is 0.00166. The molecular formula is C29H32N4O3S. The third-order valence-electron chi connectivity index (χ3n) is 6.54. The number of nitrogens with zero attached hydrogens (tertiary/aromatic N) is 4. The monoisotopic (exact) mass is 516 g/mol. The summed E-state index contributed by atoms with van der Waals surface area (Å²) < 4.78 is 12.9. The number of thioether (sulfide) groups is 1. The Morgan fingerprint density at radius 1 is 1.00 bits per heavy atom. The molecule has 7 nitrogen and oxygen atoms in total. The molecule has 3 heterocycles. The Balaban J connectivity index is 1.41. The number of aryl methyl sites for hydroxylation is 1. The van der Waals surface area contributed by atoms with E-state index < -0.39 is 0 Å². The summed E-state index contributed by atoms with van der Waals surface area (Å²) >= 11 is 1.44. The van der Waals surface area contributed by atoms with Gasteiger partial charge in [-0.25, -0.2) is 4.99 Å². The van der Waals surface area contributed by atoms with E-state index >= 15 is 0 Å². The number of para-hydroxylation sites is 1. The van der Waals surface area contributed by atoms with E-state index in [9.17, 15) is 4.79 Å². The predicted molar refractivity (Wildman–Crippen MR) is 150 cm³/mol. The number of carbonyl (C=O) groups excluding carboxylic acids is 1. The van der Waals surface area contributed by atoms with Crippen LogP contribution in [-0.2, 0) is 9.53 Å². The number of aliphatic imine (C=N–C) groups is 1. The van der Waals surface area contributed by atoms with Crippen molar-refractivity contribution < 1.29 is 14.3 Å². The Morgan fingerprint density at radius 3 is 2.49 bits per heavy atom. The van der Waals surface area contributed by atoms with Crippen molar-refractivity contribution in [1.82, 2.24) is 14.4 Å². The van der Waals surface area contributed by atoms with Gasteiger partial charge in [0.15, 0.2) is 5.17 Å². The van der Waals surface area contributed by atoms with Gasteiger partial charge in [-0.1, -0.05) is 18.2 Å². The second kappa shape index (κ2) is 11.8. The zero-order valence-corrected chi connectivity index (χ0v) is 22.1. The normalized spacial score (nSPS) is 18.8. The lowest BCUT2D eigenvalue weighted by atomic mass is 10.2.